The standard InChI is InChI=1S/C11H17NO/c1-8(9(2)12-3)10-5-4-6-11(13)7-10/h4-9,12-13H,1-3H3/t8-,9+/m1/s1/i3-1. The van der Waals surface area contributed by atoms with E-state index in [0.717, 1.165) is 0 Å². The van der Waals surface area contributed by atoms with E-state index in [2.05, 4.69) is 19.2 Å². The van der Waals surface area contributed by atoms with Crippen molar-refractivity contribution in [2.75, 3.05) is 7.05 Å². The van der Waals surface area contributed by atoms with Crippen LogP contribution in [0, 0.1) is 0 Å². The molecule has 0 aliphatic carbocycles. The van der Waals surface area contributed by atoms with Crippen molar-refractivity contribution in [1.82, 2.24) is 5.32 Å². The van der Waals surface area contributed by atoms with Crippen LogP contribution in [0.2, 0.25) is 0 Å². The number of hydrogen-bond donors (Lipinski definition) is 2. The third kappa shape index (κ3) is 2.46. The summed E-state index contributed by atoms with van der Waals surface area (Å²) in [6.07, 6.45) is 0. The summed E-state index contributed by atoms with van der Waals surface area (Å²) in [5.74, 6) is 0.754. The molecular formula is C11H17NO. The van der Waals surface area contributed by atoms with Gasteiger partial charge >= 0.3 is 0 Å². The first-order chi connectivity index (χ1) is 6.15. The van der Waals surface area contributed by atoms with Gasteiger partial charge in [-0.3, -0.25) is 0 Å². The predicted molar refractivity (Wildman–Crippen MR) is 55.0 cm³/mol. The van der Waals surface area contributed by atoms with E-state index < -0.39 is 0 Å². The SMILES string of the molecule is C[C@H](N[11CH3])[C@@H](C)c1cccc(O)c1. The first-order valence-electron chi connectivity index (χ1n) is 4.61. The van der Waals surface area contributed by atoms with Gasteiger partial charge in [-0.05, 0) is 37.6 Å². The topological polar surface area (TPSA) is 32.3 Å². The summed E-state index contributed by atoms with van der Waals surface area (Å²) < 4.78 is 0. The summed E-state index contributed by atoms with van der Waals surface area (Å²) in [6.45, 7) is 4.28. The maximum atomic E-state index is 9.30. The largest absolute Gasteiger partial charge is 0.508 e. The Bertz CT molecular complexity index is 273. The van der Waals surface area contributed by atoms with Gasteiger partial charge in [-0.15, -0.1) is 0 Å². The fourth-order valence-corrected chi connectivity index (χ4v) is 1.35. The molecule has 2 heteroatoms. The highest BCUT2D eigenvalue weighted by Crippen LogP contribution is 2.22. The van der Waals surface area contributed by atoms with Gasteiger partial charge in [0, 0.05) is 6.04 Å². The normalized spacial score (nSPS) is 15.3. The van der Waals surface area contributed by atoms with Crippen molar-refractivity contribution in [3.8, 4) is 5.75 Å². The Morgan fingerprint density at radius 2 is 2.00 bits per heavy atom. The van der Waals surface area contributed by atoms with Crippen LogP contribution in [0.3, 0.4) is 0 Å². The summed E-state index contributed by atoms with van der Waals surface area (Å²) in [4.78, 5) is 0. The maximum absolute atomic E-state index is 9.30. The molecule has 0 aliphatic heterocycles. The van der Waals surface area contributed by atoms with Crippen LogP contribution in [-0.2, 0) is 0 Å². The second-order valence-corrected chi connectivity index (χ2v) is 3.46. The number of benzene rings is 1. The van der Waals surface area contributed by atoms with Crippen molar-refractivity contribution in [1.29, 1.82) is 0 Å². The van der Waals surface area contributed by atoms with Crippen molar-refractivity contribution in [3.63, 3.8) is 0 Å². The highest BCUT2D eigenvalue weighted by Gasteiger charge is 2.12. The molecule has 2 nitrogen and oxygen atoms in total. The fourth-order valence-electron chi connectivity index (χ4n) is 1.35. The smallest absolute Gasteiger partial charge is 0.115 e. The zero-order valence-electron chi connectivity index (χ0n) is 8.41. The fraction of sp³-hybridized carbons (Fsp3) is 0.455. The summed E-state index contributed by atoms with van der Waals surface area (Å²) >= 11 is 0. The third-order valence-electron chi connectivity index (χ3n) is 2.60. The molecule has 1 rings (SSSR count). The molecule has 2 atom stereocenters. The number of phenolic OH excluding ortho intramolecular Hbond substituents is 1. The van der Waals surface area contributed by atoms with E-state index in [1.165, 1.54) is 5.56 Å². The van der Waals surface area contributed by atoms with Crippen molar-refractivity contribution in [3.05, 3.63) is 29.8 Å². The van der Waals surface area contributed by atoms with Gasteiger partial charge in [0.15, 0.2) is 0 Å². The lowest BCUT2D eigenvalue weighted by Gasteiger charge is -2.19. The number of hydrogen-bond acceptors (Lipinski definition) is 2. The lowest BCUT2D eigenvalue weighted by atomic mass is 9.94. The molecule has 0 bridgehead atoms. The van der Waals surface area contributed by atoms with Gasteiger partial charge in [0.05, 0.1) is 0 Å². The van der Waals surface area contributed by atoms with Crippen molar-refractivity contribution in [2.24, 2.45) is 0 Å². The first-order valence-corrected chi connectivity index (χ1v) is 4.61. The molecule has 2 N–H and O–H groups in total. The molecule has 0 fully saturated rings. The van der Waals surface area contributed by atoms with Gasteiger partial charge in [-0.2, -0.15) is 0 Å². The number of nitrogens with one attached hydrogen (secondary N) is 1. The zero-order valence-corrected chi connectivity index (χ0v) is 8.41. The van der Waals surface area contributed by atoms with Gasteiger partial charge < -0.3 is 10.4 Å². The summed E-state index contributed by atoms with van der Waals surface area (Å²) in [7, 11) is 1.95. The van der Waals surface area contributed by atoms with Crippen molar-refractivity contribution < 1.29 is 5.11 Å². The molecule has 0 heterocycles. The molecule has 0 aromatic heterocycles. The molecular weight excluding hydrogens is 161 g/mol. The Balaban J connectivity index is 2.82. The summed E-state index contributed by atoms with van der Waals surface area (Å²) in [5, 5.41) is 12.5. The second kappa shape index (κ2) is 4.28. The molecule has 1 aromatic carbocycles. The number of phenols is 1. The van der Waals surface area contributed by atoms with E-state index in [-0.39, 0.29) is 0 Å². The average molecular weight is 178 g/mol. The Morgan fingerprint density at radius 1 is 1.31 bits per heavy atom. The molecule has 0 spiro atoms. The van der Waals surface area contributed by atoms with Crippen LogP contribution in [0.25, 0.3) is 0 Å². The molecule has 0 radical (unpaired) electrons. The van der Waals surface area contributed by atoms with Gasteiger partial charge in [-0.1, -0.05) is 19.1 Å². The van der Waals surface area contributed by atoms with Crippen LogP contribution in [0.15, 0.2) is 24.3 Å². The first kappa shape index (κ1) is 10.1. The van der Waals surface area contributed by atoms with E-state index in [1.807, 2.05) is 25.2 Å². The quantitative estimate of drug-likeness (QED) is 0.743. The number of aromatic hydroxyl groups is 1. The van der Waals surface area contributed by atoms with E-state index >= 15 is 0 Å². The minimum atomic E-state index is 0.340. The van der Waals surface area contributed by atoms with Gasteiger partial charge in [-0.25, -0.2) is 0 Å². The Kier molecular flexibility index (Phi) is 3.32. The molecule has 0 saturated heterocycles. The third-order valence-corrected chi connectivity index (χ3v) is 2.60. The minimum Gasteiger partial charge on any atom is -0.508 e. The van der Waals surface area contributed by atoms with Crippen LogP contribution in [0.5, 0.6) is 5.75 Å². The Hall–Kier alpha value is -1.02. The number of likely N-dealkylation sites (N-methyl/N-ethyl adjacent to an activating group) is 1. The molecule has 1 aromatic rings. The van der Waals surface area contributed by atoms with Crippen LogP contribution < -0.4 is 5.32 Å². The molecule has 0 saturated carbocycles. The highest BCUT2D eigenvalue weighted by atomic mass is 16.3. The molecule has 0 aliphatic rings. The molecule has 0 unspecified atom stereocenters. The van der Waals surface area contributed by atoms with Gasteiger partial charge in [0.2, 0.25) is 0 Å². The Labute approximate surface area is 79.6 Å². The zero-order chi connectivity index (χ0) is 9.84. The highest BCUT2D eigenvalue weighted by molar-refractivity contribution is 5.30. The van der Waals surface area contributed by atoms with Crippen molar-refractivity contribution in [2.45, 2.75) is 25.8 Å². The average Bonchev–Trinajstić information content (AvgIpc) is 2.15. The summed E-state index contributed by atoms with van der Waals surface area (Å²) in [6, 6.07) is 7.85. The molecule has 13 heavy (non-hydrogen) atoms. The van der Waals surface area contributed by atoms with E-state index in [9.17, 15) is 5.11 Å². The second-order valence-electron chi connectivity index (χ2n) is 3.46. The van der Waals surface area contributed by atoms with Crippen LogP contribution in [-0.4, -0.2) is 18.2 Å². The lowest BCUT2D eigenvalue weighted by Crippen LogP contribution is -2.27. The van der Waals surface area contributed by atoms with Gasteiger partial charge in [0.1, 0.15) is 5.75 Å². The van der Waals surface area contributed by atoms with E-state index in [1.54, 1.807) is 6.07 Å². The maximum Gasteiger partial charge on any atom is 0.115 e. The minimum absolute atomic E-state index is 0.340. The van der Waals surface area contributed by atoms with E-state index in [0.29, 0.717) is 17.7 Å². The van der Waals surface area contributed by atoms with Crippen LogP contribution >= 0.6 is 0 Å². The number of rotatable bonds is 3. The lowest BCUT2D eigenvalue weighted by molar-refractivity contribution is 0.470. The van der Waals surface area contributed by atoms with Crippen LogP contribution in [0.1, 0.15) is 25.3 Å². The predicted octanol–water partition coefficient (Wildman–Crippen LogP) is 2.10. The van der Waals surface area contributed by atoms with Gasteiger partial charge in [0.25, 0.3) is 0 Å². The summed E-state index contributed by atoms with van der Waals surface area (Å²) in [5.41, 5.74) is 1.17. The Morgan fingerprint density at radius 3 is 2.54 bits per heavy atom. The molecule has 72 valence electrons. The van der Waals surface area contributed by atoms with Crippen molar-refractivity contribution >= 4 is 0 Å². The van der Waals surface area contributed by atoms with Crippen LogP contribution in [0.4, 0.5) is 0 Å². The molecule has 0 amide bonds. The monoisotopic (exact) mass is 178 g/mol. The van der Waals surface area contributed by atoms with E-state index in [4.69, 9.17) is 0 Å².